The second-order valence-electron chi connectivity index (χ2n) is 6.60. The van der Waals surface area contributed by atoms with Crippen LogP contribution in [0.15, 0.2) is 48.5 Å². The summed E-state index contributed by atoms with van der Waals surface area (Å²) in [5.41, 5.74) is 4.28. The van der Waals surface area contributed by atoms with E-state index >= 15 is 0 Å². The first kappa shape index (κ1) is 18.3. The van der Waals surface area contributed by atoms with E-state index in [0.717, 1.165) is 29.6 Å². The number of aromatic nitrogens is 2. The fourth-order valence-corrected chi connectivity index (χ4v) is 3.13. The van der Waals surface area contributed by atoms with Gasteiger partial charge in [0, 0.05) is 30.4 Å². The van der Waals surface area contributed by atoms with Crippen molar-refractivity contribution < 1.29 is 8.78 Å². The van der Waals surface area contributed by atoms with Crippen LogP contribution in [0.1, 0.15) is 35.4 Å². The summed E-state index contributed by atoms with van der Waals surface area (Å²) >= 11 is 0. The van der Waals surface area contributed by atoms with Crippen molar-refractivity contribution in [3.05, 3.63) is 82.7 Å². The van der Waals surface area contributed by atoms with Gasteiger partial charge in [-0.25, -0.2) is 13.5 Å². The quantitative estimate of drug-likeness (QED) is 0.697. The Balaban J connectivity index is 1.72. The zero-order valence-corrected chi connectivity index (χ0v) is 15.3. The summed E-state index contributed by atoms with van der Waals surface area (Å²) in [6, 6.07) is 13.9. The molecule has 1 N–H and O–H groups in total. The second-order valence-corrected chi connectivity index (χ2v) is 6.60. The maximum atomic E-state index is 14.1. The van der Waals surface area contributed by atoms with Gasteiger partial charge in [-0.05, 0) is 37.5 Å². The van der Waals surface area contributed by atoms with Crippen LogP contribution in [0.3, 0.4) is 0 Å². The maximum Gasteiger partial charge on any atom is 0.151 e. The number of aryl methyl sites for hydroxylation is 1. The van der Waals surface area contributed by atoms with E-state index in [9.17, 15) is 8.78 Å². The monoisotopic (exact) mass is 355 g/mol. The molecule has 0 radical (unpaired) electrons. The smallest absolute Gasteiger partial charge is 0.151 e. The van der Waals surface area contributed by atoms with Crippen LogP contribution in [0.2, 0.25) is 0 Å². The highest BCUT2D eigenvalue weighted by Crippen LogP contribution is 2.21. The molecular formula is C21H23F2N3. The first-order valence-corrected chi connectivity index (χ1v) is 8.73. The van der Waals surface area contributed by atoms with E-state index in [-0.39, 0.29) is 5.69 Å². The van der Waals surface area contributed by atoms with Gasteiger partial charge in [0.25, 0.3) is 0 Å². The average molecular weight is 355 g/mol. The highest BCUT2D eigenvalue weighted by molar-refractivity contribution is 5.38. The zero-order valence-electron chi connectivity index (χ0n) is 15.3. The minimum absolute atomic E-state index is 0.260. The topological polar surface area (TPSA) is 29.9 Å². The molecule has 0 saturated carbocycles. The normalized spacial score (nSPS) is 12.3. The number of hydrogen-bond donors (Lipinski definition) is 1. The molecule has 0 saturated heterocycles. The molecule has 0 fully saturated rings. The SMILES string of the molecule is Cc1nn(-c2ccc(F)cc2F)c(C)c1CNC[C@H](C)c1ccccc1. The number of halogens is 2. The summed E-state index contributed by atoms with van der Waals surface area (Å²) in [5, 5.41) is 7.90. The first-order chi connectivity index (χ1) is 12.5. The van der Waals surface area contributed by atoms with Crippen molar-refractivity contribution in [2.45, 2.75) is 33.2 Å². The van der Waals surface area contributed by atoms with E-state index < -0.39 is 11.6 Å². The van der Waals surface area contributed by atoms with Crippen LogP contribution in [-0.4, -0.2) is 16.3 Å². The molecule has 136 valence electrons. The lowest BCUT2D eigenvalue weighted by molar-refractivity contribution is 0.572. The van der Waals surface area contributed by atoms with Crippen LogP contribution in [0.25, 0.3) is 5.69 Å². The molecule has 5 heteroatoms. The standard InChI is InChI=1S/C21H23F2N3/c1-14(17-7-5-4-6-8-17)12-24-13-19-15(2)25-26(16(19)3)21-10-9-18(22)11-20(21)23/h4-11,14,24H,12-13H2,1-3H3/t14-/m0/s1. The van der Waals surface area contributed by atoms with Crippen LogP contribution < -0.4 is 5.32 Å². The Bertz CT molecular complexity index is 888. The zero-order chi connectivity index (χ0) is 18.7. The molecule has 0 aliphatic carbocycles. The fourth-order valence-electron chi connectivity index (χ4n) is 3.13. The van der Waals surface area contributed by atoms with E-state index in [0.29, 0.717) is 12.5 Å². The summed E-state index contributed by atoms with van der Waals surface area (Å²) in [7, 11) is 0. The van der Waals surface area contributed by atoms with Crippen LogP contribution in [0, 0.1) is 25.5 Å². The largest absolute Gasteiger partial charge is 0.312 e. The molecule has 1 atom stereocenters. The van der Waals surface area contributed by atoms with Gasteiger partial charge in [0.1, 0.15) is 11.5 Å². The van der Waals surface area contributed by atoms with Crippen LogP contribution in [0.4, 0.5) is 8.78 Å². The number of benzene rings is 2. The van der Waals surface area contributed by atoms with E-state index in [1.54, 1.807) is 4.68 Å². The molecule has 0 spiro atoms. The number of hydrogen-bond acceptors (Lipinski definition) is 2. The minimum atomic E-state index is -0.618. The maximum absolute atomic E-state index is 14.1. The molecule has 1 aromatic heterocycles. The Morgan fingerprint density at radius 1 is 1.08 bits per heavy atom. The molecule has 0 aliphatic heterocycles. The summed E-state index contributed by atoms with van der Waals surface area (Å²) < 4.78 is 28.8. The molecule has 0 aliphatic rings. The van der Waals surface area contributed by atoms with Crippen LogP contribution in [-0.2, 0) is 6.54 Å². The van der Waals surface area contributed by atoms with Gasteiger partial charge in [-0.2, -0.15) is 5.10 Å². The Morgan fingerprint density at radius 2 is 1.81 bits per heavy atom. The highest BCUT2D eigenvalue weighted by Gasteiger charge is 2.16. The molecule has 1 heterocycles. The van der Waals surface area contributed by atoms with Crippen LogP contribution in [0.5, 0.6) is 0 Å². The van der Waals surface area contributed by atoms with Crippen molar-refractivity contribution in [2.24, 2.45) is 0 Å². The van der Waals surface area contributed by atoms with Crippen molar-refractivity contribution in [3.8, 4) is 5.69 Å². The number of nitrogens with one attached hydrogen (secondary N) is 1. The predicted molar refractivity (Wildman–Crippen MR) is 99.5 cm³/mol. The third-order valence-electron chi connectivity index (χ3n) is 4.70. The average Bonchev–Trinajstić information content (AvgIpc) is 2.90. The molecule has 0 amide bonds. The predicted octanol–water partition coefficient (Wildman–Crippen LogP) is 4.66. The molecule has 0 unspecified atom stereocenters. The Morgan fingerprint density at radius 3 is 2.50 bits per heavy atom. The minimum Gasteiger partial charge on any atom is -0.312 e. The van der Waals surface area contributed by atoms with Gasteiger partial charge in [-0.1, -0.05) is 37.3 Å². The van der Waals surface area contributed by atoms with E-state index in [1.807, 2.05) is 32.0 Å². The summed E-state index contributed by atoms with van der Waals surface area (Å²) in [6.07, 6.45) is 0. The van der Waals surface area contributed by atoms with Crippen molar-refractivity contribution in [2.75, 3.05) is 6.54 Å². The molecule has 26 heavy (non-hydrogen) atoms. The van der Waals surface area contributed by atoms with Gasteiger partial charge in [0.2, 0.25) is 0 Å². The van der Waals surface area contributed by atoms with Crippen molar-refractivity contribution in [1.29, 1.82) is 0 Å². The Kier molecular flexibility index (Phi) is 5.47. The first-order valence-electron chi connectivity index (χ1n) is 8.73. The van der Waals surface area contributed by atoms with Gasteiger partial charge in [-0.3, -0.25) is 0 Å². The number of nitrogens with zero attached hydrogens (tertiary/aromatic N) is 2. The Hall–Kier alpha value is -2.53. The fraction of sp³-hybridized carbons (Fsp3) is 0.286. The molecular weight excluding hydrogens is 332 g/mol. The highest BCUT2D eigenvalue weighted by atomic mass is 19.1. The van der Waals surface area contributed by atoms with Crippen LogP contribution >= 0.6 is 0 Å². The molecule has 3 nitrogen and oxygen atoms in total. The third kappa shape index (κ3) is 3.83. The van der Waals surface area contributed by atoms with E-state index in [2.05, 4.69) is 29.5 Å². The molecule has 0 bridgehead atoms. The lowest BCUT2D eigenvalue weighted by atomic mass is 10.0. The second kappa shape index (κ2) is 7.79. The Labute approximate surface area is 152 Å². The molecule has 2 aromatic carbocycles. The van der Waals surface area contributed by atoms with E-state index in [1.165, 1.54) is 17.7 Å². The third-order valence-corrected chi connectivity index (χ3v) is 4.70. The number of rotatable bonds is 6. The van der Waals surface area contributed by atoms with Crippen molar-refractivity contribution in [1.82, 2.24) is 15.1 Å². The van der Waals surface area contributed by atoms with Gasteiger partial charge in [0.15, 0.2) is 5.82 Å². The van der Waals surface area contributed by atoms with Gasteiger partial charge in [-0.15, -0.1) is 0 Å². The summed E-state index contributed by atoms with van der Waals surface area (Å²) in [5.74, 6) is -0.821. The molecule has 3 aromatic rings. The van der Waals surface area contributed by atoms with Gasteiger partial charge < -0.3 is 5.32 Å². The van der Waals surface area contributed by atoms with Crippen molar-refractivity contribution >= 4 is 0 Å². The van der Waals surface area contributed by atoms with E-state index in [4.69, 9.17) is 0 Å². The van der Waals surface area contributed by atoms with Gasteiger partial charge in [0.05, 0.1) is 5.69 Å². The van der Waals surface area contributed by atoms with Crippen molar-refractivity contribution in [3.63, 3.8) is 0 Å². The summed E-state index contributed by atoms with van der Waals surface area (Å²) in [4.78, 5) is 0. The van der Waals surface area contributed by atoms with Gasteiger partial charge >= 0.3 is 0 Å². The lowest BCUT2D eigenvalue weighted by Crippen LogP contribution is -2.20. The lowest BCUT2D eigenvalue weighted by Gasteiger charge is -2.13. The molecule has 3 rings (SSSR count). The summed E-state index contributed by atoms with van der Waals surface area (Å²) in [6.45, 7) is 7.47.